The Balaban J connectivity index is 2.11. The molecule has 0 aliphatic carbocycles. The van der Waals surface area contributed by atoms with Crippen molar-refractivity contribution in [3.63, 3.8) is 0 Å². The number of para-hydroxylation sites is 1. The normalized spacial score (nSPS) is 21.5. The van der Waals surface area contributed by atoms with E-state index >= 15 is 0 Å². The number of aryl methyl sites for hydroxylation is 1. The summed E-state index contributed by atoms with van der Waals surface area (Å²) in [6.07, 6.45) is 2.46. The first-order valence-corrected chi connectivity index (χ1v) is 6.96. The summed E-state index contributed by atoms with van der Waals surface area (Å²) < 4.78 is 5.93. The smallest absolute Gasteiger partial charge is 0.122 e. The second kappa shape index (κ2) is 3.96. The van der Waals surface area contributed by atoms with E-state index in [1.165, 1.54) is 24.4 Å². The third-order valence-electron chi connectivity index (χ3n) is 2.61. The van der Waals surface area contributed by atoms with Crippen LogP contribution in [-0.4, -0.2) is 15.2 Å². The molecule has 1 unspecified atom stereocenters. The van der Waals surface area contributed by atoms with Crippen LogP contribution in [0.4, 0.5) is 0 Å². The molecule has 0 N–H and O–H groups in total. The summed E-state index contributed by atoms with van der Waals surface area (Å²) in [5.74, 6) is 1.14. The Morgan fingerprint density at radius 3 is 3.15 bits per heavy atom. The third kappa shape index (κ3) is 1.94. The summed E-state index contributed by atoms with van der Waals surface area (Å²) in [6, 6.07) is 9.80. The highest BCUT2D eigenvalue weighted by Gasteiger charge is 2.17. The van der Waals surface area contributed by atoms with E-state index in [9.17, 15) is 0 Å². The maximum absolute atomic E-state index is 5.93. The number of rotatable bonds is 2. The number of hydrogen-bond donors (Lipinski definition) is 0. The van der Waals surface area contributed by atoms with E-state index < -0.39 is 0 Å². The van der Waals surface area contributed by atoms with Gasteiger partial charge in [-0.2, -0.15) is 0 Å². The van der Waals surface area contributed by atoms with Gasteiger partial charge in [-0.15, -0.1) is 0 Å². The molecule has 1 atom stereocenters. The van der Waals surface area contributed by atoms with Gasteiger partial charge in [-0.1, -0.05) is 31.2 Å². The predicted molar refractivity (Wildman–Crippen MR) is 58.2 cm³/mol. The summed E-state index contributed by atoms with van der Waals surface area (Å²) in [4.78, 5) is 0. The highest BCUT2D eigenvalue weighted by molar-refractivity contribution is 6.37. The van der Waals surface area contributed by atoms with Gasteiger partial charge >= 0.3 is 0 Å². The summed E-state index contributed by atoms with van der Waals surface area (Å²) in [6.45, 7) is 2.27. The summed E-state index contributed by atoms with van der Waals surface area (Å²) >= 11 is 0. The minimum Gasteiger partial charge on any atom is -0.495 e. The Morgan fingerprint density at radius 2 is 2.31 bits per heavy atom. The zero-order valence-electron chi connectivity index (χ0n) is 8.12. The van der Waals surface area contributed by atoms with Gasteiger partial charge in [0.1, 0.15) is 5.75 Å². The second-order valence-electron chi connectivity index (χ2n) is 3.67. The minimum atomic E-state index is 0.0142. The van der Waals surface area contributed by atoms with Crippen LogP contribution in [0, 0.1) is 0 Å². The van der Waals surface area contributed by atoms with Crippen molar-refractivity contribution in [3.05, 3.63) is 29.8 Å². The average Bonchev–Trinajstić information content (AvgIpc) is 2.18. The molecule has 1 heterocycles. The average molecular weight is 192 g/mol. The second-order valence-corrected chi connectivity index (χ2v) is 6.16. The van der Waals surface area contributed by atoms with Crippen LogP contribution in [0.2, 0.25) is 6.04 Å². The van der Waals surface area contributed by atoms with Gasteiger partial charge < -0.3 is 4.74 Å². The van der Waals surface area contributed by atoms with Crippen molar-refractivity contribution in [1.29, 1.82) is 0 Å². The lowest BCUT2D eigenvalue weighted by Gasteiger charge is -2.25. The van der Waals surface area contributed by atoms with Crippen LogP contribution in [0.25, 0.3) is 0 Å². The van der Waals surface area contributed by atoms with Crippen LogP contribution in [0.1, 0.15) is 18.9 Å². The van der Waals surface area contributed by atoms with Crippen LogP contribution in [0.3, 0.4) is 0 Å². The molecule has 13 heavy (non-hydrogen) atoms. The summed E-state index contributed by atoms with van der Waals surface area (Å²) in [5, 5.41) is 0. The standard InChI is InChI=1S/C11H16OSi/c1-2-13-11-8-7-9-5-3-4-6-10(9)12-11/h3-6,11H,2,7-8,13H2,1H3. The van der Waals surface area contributed by atoms with Gasteiger partial charge in [-0.05, 0) is 24.5 Å². The van der Waals surface area contributed by atoms with E-state index in [2.05, 4.69) is 31.2 Å². The van der Waals surface area contributed by atoms with Crippen LogP contribution >= 0.6 is 0 Å². The fourth-order valence-corrected chi connectivity index (χ4v) is 3.34. The molecule has 0 radical (unpaired) electrons. The van der Waals surface area contributed by atoms with Crippen molar-refractivity contribution in [2.24, 2.45) is 0 Å². The maximum atomic E-state index is 5.93. The van der Waals surface area contributed by atoms with Gasteiger partial charge in [0.25, 0.3) is 0 Å². The van der Waals surface area contributed by atoms with Gasteiger partial charge in [-0.25, -0.2) is 0 Å². The Morgan fingerprint density at radius 1 is 1.46 bits per heavy atom. The zero-order valence-corrected chi connectivity index (χ0v) is 9.54. The van der Waals surface area contributed by atoms with E-state index in [0.717, 1.165) is 5.75 Å². The molecule has 0 spiro atoms. The lowest BCUT2D eigenvalue weighted by Crippen LogP contribution is -2.28. The van der Waals surface area contributed by atoms with Crippen molar-refractivity contribution < 1.29 is 4.74 Å². The Bertz CT molecular complexity index is 285. The van der Waals surface area contributed by atoms with Gasteiger partial charge in [0.15, 0.2) is 0 Å². The number of ether oxygens (including phenoxy) is 1. The molecule has 1 aromatic carbocycles. The van der Waals surface area contributed by atoms with Gasteiger partial charge in [-0.3, -0.25) is 0 Å². The molecule has 70 valence electrons. The van der Waals surface area contributed by atoms with Crippen LogP contribution in [0.15, 0.2) is 24.3 Å². The number of fused-ring (bicyclic) bond motifs is 1. The lowest BCUT2D eigenvalue weighted by molar-refractivity contribution is 0.245. The maximum Gasteiger partial charge on any atom is 0.122 e. The topological polar surface area (TPSA) is 9.23 Å². The molecule has 1 aromatic rings. The van der Waals surface area contributed by atoms with E-state index in [-0.39, 0.29) is 9.52 Å². The first kappa shape index (κ1) is 8.82. The van der Waals surface area contributed by atoms with Gasteiger partial charge in [0.05, 0.1) is 15.2 Å². The van der Waals surface area contributed by atoms with Gasteiger partial charge in [0.2, 0.25) is 0 Å². The fourth-order valence-electron chi connectivity index (χ4n) is 1.91. The monoisotopic (exact) mass is 192 g/mol. The Labute approximate surface area is 81.9 Å². The summed E-state index contributed by atoms with van der Waals surface area (Å²) in [7, 11) is 0.0142. The molecule has 0 bridgehead atoms. The quantitative estimate of drug-likeness (QED) is 0.651. The number of hydrogen-bond acceptors (Lipinski definition) is 1. The largest absolute Gasteiger partial charge is 0.495 e. The van der Waals surface area contributed by atoms with Crippen LogP contribution in [-0.2, 0) is 6.42 Å². The zero-order chi connectivity index (χ0) is 9.10. The molecule has 0 fully saturated rings. The van der Waals surface area contributed by atoms with Crippen molar-refractivity contribution in [1.82, 2.24) is 0 Å². The molecule has 1 aliphatic heterocycles. The third-order valence-corrected chi connectivity index (χ3v) is 4.41. The van der Waals surface area contributed by atoms with Gasteiger partial charge in [0, 0.05) is 0 Å². The highest BCUT2D eigenvalue weighted by Crippen LogP contribution is 2.26. The molecular weight excluding hydrogens is 176 g/mol. The highest BCUT2D eigenvalue weighted by atomic mass is 28.2. The molecule has 0 amide bonds. The number of benzene rings is 1. The van der Waals surface area contributed by atoms with E-state index in [4.69, 9.17) is 4.74 Å². The minimum absolute atomic E-state index is 0.0142. The van der Waals surface area contributed by atoms with E-state index in [0.29, 0.717) is 5.73 Å². The Kier molecular flexibility index (Phi) is 2.69. The molecule has 1 nitrogen and oxygen atoms in total. The van der Waals surface area contributed by atoms with Crippen LogP contribution < -0.4 is 4.74 Å². The first-order valence-electron chi connectivity index (χ1n) is 5.14. The molecule has 0 saturated heterocycles. The van der Waals surface area contributed by atoms with E-state index in [1.54, 1.807) is 0 Å². The SMILES string of the molecule is CC[SiH2]C1CCc2ccccc2O1. The lowest BCUT2D eigenvalue weighted by atomic mass is 10.1. The van der Waals surface area contributed by atoms with Crippen molar-refractivity contribution >= 4 is 9.52 Å². The van der Waals surface area contributed by atoms with Crippen LogP contribution in [0.5, 0.6) is 5.75 Å². The summed E-state index contributed by atoms with van der Waals surface area (Å²) in [5.41, 5.74) is 1.99. The van der Waals surface area contributed by atoms with E-state index in [1.807, 2.05) is 0 Å². The molecule has 1 aliphatic rings. The molecule has 2 heteroatoms. The first-order chi connectivity index (χ1) is 6.40. The molecule has 2 rings (SSSR count). The van der Waals surface area contributed by atoms with Crippen molar-refractivity contribution in [2.75, 3.05) is 0 Å². The molecule has 0 saturated carbocycles. The predicted octanol–water partition coefficient (Wildman–Crippen LogP) is 1.94. The van der Waals surface area contributed by atoms with Crippen molar-refractivity contribution in [3.8, 4) is 5.75 Å². The Hall–Kier alpha value is -0.763. The van der Waals surface area contributed by atoms with Crippen molar-refractivity contribution in [2.45, 2.75) is 31.5 Å². The molecular formula is C11H16OSi. The molecule has 0 aromatic heterocycles. The fraction of sp³-hybridized carbons (Fsp3) is 0.455.